The van der Waals surface area contributed by atoms with Crippen LogP contribution in [0.2, 0.25) is 0 Å². The van der Waals surface area contributed by atoms with Gasteiger partial charge in [-0.25, -0.2) is 9.18 Å². The van der Waals surface area contributed by atoms with Crippen LogP contribution in [0.15, 0.2) is 18.2 Å². The van der Waals surface area contributed by atoms with Gasteiger partial charge in [0.05, 0.1) is 17.8 Å². The summed E-state index contributed by atoms with van der Waals surface area (Å²) in [5.74, 6) is -2.14. The molecule has 0 bridgehead atoms. The molecular weight excluding hydrogens is 265 g/mol. The highest BCUT2D eigenvalue weighted by atomic mass is 19.1. The summed E-state index contributed by atoms with van der Waals surface area (Å²) in [7, 11) is 0. The third-order valence-corrected chi connectivity index (χ3v) is 3.06. The van der Waals surface area contributed by atoms with Gasteiger partial charge >= 0.3 is 5.97 Å². The van der Waals surface area contributed by atoms with Crippen molar-refractivity contribution in [3.05, 3.63) is 29.6 Å². The number of nitrogens with one attached hydrogen (secondary N) is 2. The molecule has 0 atom stereocenters. The first-order valence-corrected chi connectivity index (χ1v) is 6.32. The van der Waals surface area contributed by atoms with Gasteiger partial charge in [-0.15, -0.1) is 0 Å². The number of hydrogen-bond donors (Lipinski definition) is 3. The number of carbonyl (C=O) groups is 2. The normalized spacial score (nSPS) is 15.8. The Morgan fingerprint density at radius 3 is 2.70 bits per heavy atom. The fraction of sp³-hybridized carbons (Fsp3) is 0.385. The monoisotopic (exact) mass is 281 g/mol. The van der Waals surface area contributed by atoms with Crippen LogP contribution in [0.5, 0.6) is 0 Å². The van der Waals surface area contributed by atoms with E-state index in [2.05, 4.69) is 10.6 Å². The molecule has 0 saturated carbocycles. The lowest BCUT2D eigenvalue weighted by molar-refractivity contribution is -0.117. The van der Waals surface area contributed by atoms with Gasteiger partial charge in [0.1, 0.15) is 5.82 Å². The van der Waals surface area contributed by atoms with Crippen molar-refractivity contribution in [2.75, 3.05) is 38.0 Å². The number of carboxylic acid groups (broad SMARTS) is 1. The first kappa shape index (κ1) is 14.4. The van der Waals surface area contributed by atoms with Crippen LogP contribution in [-0.4, -0.2) is 54.6 Å². The van der Waals surface area contributed by atoms with Crippen LogP contribution in [0.4, 0.5) is 10.1 Å². The minimum absolute atomic E-state index is 0.0161. The van der Waals surface area contributed by atoms with E-state index in [1.54, 1.807) is 0 Å². The van der Waals surface area contributed by atoms with Crippen LogP contribution in [0.3, 0.4) is 0 Å². The van der Waals surface area contributed by atoms with Crippen LogP contribution in [0.1, 0.15) is 10.4 Å². The highest BCUT2D eigenvalue weighted by Crippen LogP contribution is 2.17. The van der Waals surface area contributed by atoms with Crippen molar-refractivity contribution in [3.8, 4) is 0 Å². The van der Waals surface area contributed by atoms with E-state index in [-0.39, 0.29) is 23.7 Å². The smallest absolute Gasteiger partial charge is 0.337 e. The van der Waals surface area contributed by atoms with Gasteiger partial charge < -0.3 is 15.7 Å². The summed E-state index contributed by atoms with van der Waals surface area (Å²) in [4.78, 5) is 24.8. The van der Waals surface area contributed by atoms with Crippen molar-refractivity contribution < 1.29 is 19.1 Å². The summed E-state index contributed by atoms with van der Waals surface area (Å²) in [6, 6.07) is 3.20. The molecular formula is C13H16FN3O3. The number of carbonyl (C=O) groups excluding carboxylic acids is 1. The molecule has 0 unspecified atom stereocenters. The second-order valence-corrected chi connectivity index (χ2v) is 4.57. The van der Waals surface area contributed by atoms with Crippen molar-refractivity contribution in [1.82, 2.24) is 10.2 Å². The second-order valence-electron chi connectivity index (χ2n) is 4.57. The molecule has 1 aliphatic heterocycles. The maximum absolute atomic E-state index is 13.2. The van der Waals surface area contributed by atoms with Crippen molar-refractivity contribution in [1.29, 1.82) is 0 Å². The Morgan fingerprint density at radius 2 is 2.05 bits per heavy atom. The number of amides is 1. The fourth-order valence-electron chi connectivity index (χ4n) is 2.07. The summed E-state index contributed by atoms with van der Waals surface area (Å²) in [6.07, 6.45) is 0. The third kappa shape index (κ3) is 3.75. The average Bonchev–Trinajstić information content (AvgIpc) is 2.39. The van der Waals surface area contributed by atoms with E-state index in [1.165, 1.54) is 0 Å². The first-order chi connectivity index (χ1) is 9.56. The summed E-state index contributed by atoms with van der Waals surface area (Å²) in [6.45, 7) is 3.29. The molecule has 6 nitrogen and oxygen atoms in total. The van der Waals surface area contributed by atoms with E-state index in [9.17, 15) is 14.0 Å². The molecule has 1 aromatic carbocycles. The van der Waals surface area contributed by atoms with Gasteiger partial charge in [0.25, 0.3) is 0 Å². The molecule has 1 aromatic rings. The summed E-state index contributed by atoms with van der Waals surface area (Å²) >= 11 is 0. The Hall–Kier alpha value is -1.99. The molecule has 2 rings (SSSR count). The predicted molar refractivity (Wildman–Crippen MR) is 71.3 cm³/mol. The van der Waals surface area contributed by atoms with Crippen LogP contribution in [0, 0.1) is 5.82 Å². The number of hydrogen-bond acceptors (Lipinski definition) is 4. The zero-order valence-corrected chi connectivity index (χ0v) is 10.9. The van der Waals surface area contributed by atoms with Gasteiger partial charge in [0, 0.05) is 26.2 Å². The second kappa shape index (κ2) is 6.44. The lowest BCUT2D eigenvalue weighted by atomic mass is 10.1. The van der Waals surface area contributed by atoms with Gasteiger partial charge in [0.15, 0.2) is 0 Å². The van der Waals surface area contributed by atoms with Gasteiger partial charge in [0.2, 0.25) is 5.91 Å². The van der Waals surface area contributed by atoms with Gasteiger partial charge in [-0.2, -0.15) is 0 Å². The van der Waals surface area contributed by atoms with Crippen molar-refractivity contribution in [2.45, 2.75) is 0 Å². The maximum atomic E-state index is 13.2. The van der Waals surface area contributed by atoms with E-state index in [1.807, 2.05) is 4.90 Å². The Balaban J connectivity index is 2.03. The van der Waals surface area contributed by atoms with Crippen LogP contribution >= 0.6 is 0 Å². The predicted octanol–water partition coefficient (Wildman–Crippen LogP) is 0.368. The summed E-state index contributed by atoms with van der Waals surface area (Å²) in [5.41, 5.74) is -0.141. The number of halogens is 1. The Labute approximate surface area is 115 Å². The van der Waals surface area contributed by atoms with E-state index in [0.29, 0.717) is 0 Å². The number of anilines is 1. The van der Waals surface area contributed by atoms with E-state index < -0.39 is 11.8 Å². The molecule has 1 heterocycles. The van der Waals surface area contributed by atoms with Gasteiger partial charge in [-0.3, -0.25) is 9.69 Å². The van der Waals surface area contributed by atoms with E-state index >= 15 is 0 Å². The Bertz CT molecular complexity index is 516. The van der Waals surface area contributed by atoms with Crippen LogP contribution < -0.4 is 10.6 Å². The molecule has 1 fully saturated rings. The number of nitrogens with zero attached hydrogens (tertiary/aromatic N) is 1. The van der Waals surface area contributed by atoms with Gasteiger partial charge in [-0.1, -0.05) is 0 Å². The average molecular weight is 281 g/mol. The topological polar surface area (TPSA) is 81.7 Å². The molecule has 1 amide bonds. The molecule has 0 spiro atoms. The molecule has 0 aliphatic carbocycles. The molecule has 7 heteroatoms. The minimum Gasteiger partial charge on any atom is -0.478 e. The highest BCUT2D eigenvalue weighted by Gasteiger charge is 2.16. The zero-order chi connectivity index (χ0) is 14.5. The lowest BCUT2D eigenvalue weighted by Gasteiger charge is -2.26. The standard InChI is InChI=1S/C13H16FN3O3/c14-9-1-2-10(13(19)20)11(7-9)16-12(18)8-17-5-3-15-4-6-17/h1-2,7,15H,3-6,8H2,(H,16,18)(H,19,20). The van der Waals surface area contributed by atoms with Crippen molar-refractivity contribution >= 4 is 17.6 Å². The fourth-order valence-corrected chi connectivity index (χ4v) is 2.07. The molecule has 0 aromatic heterocycles. The molecule has 3 N–H and O–H groups in total. The van der Waals surface area contributed by atoms with Gasteiger partial charge in [-0.05, 0) is 18.2 Å². The number of aromatic carboxylic acids is 1. The van der Waals surface area contributed by atoms with Crippen LogP contribution in [0.25, 0.3) is 0 Å². The minimum atomic E-state index is -1.21. The molecule has 1 saturated heterocycles. The molecule has 108 valence electrons. The largest absolute Gasteiger partial charge is 0.478 e. The van der Waals surface area contributed by atoms with Crippen molar-refractivity contribution in [2.24, 2.45) is 0 Å². The quantitative estimate of drug-likeness (QED) is 0.743. The summed E-state index contributed by atoms with van der Waals surface area (Å²) < 4.78 is 13.2. The Morgan fingerprint density at radius 1 is 1.35 bits per heavy atom. The number of piperazine rings is 1. The van der Waals surface area contributed by atoms with E-state index in [4.69, 9.17) is 5.11 Å². The third-order valence-electron chi connectivity index (χ3n) is 3.06. The maximum Gasteiger partial charge on any atom is 0.337 e. The SMILES string of the molecule is O=C(CN1CCNCC1)Nc1cc(F)ccc1C(=O)O. The zero-order valence-electron chi connectivity index (χ0n) is 10.9. The van der Waals surface area contributed by atoms with E-state index in [0.717, 1.165) is 44.4 Å². The first-order valence-electron chi connectivity index (χ1n) is 6.32. The molecule has 20 heavy (non-hydrogen) atoms. The summed E-state index contributed by atoms with van der Waals surface area (Å²) in [5, 5.41) is 14.6. The van der Waals surface area contributed by atoms with Crippen LogP contribution in [-0.2, 0) is 4.79 Å². The molecule has 1 aliphatic rings. The number of carboxylic acids is 1. The lowest BCUT2D eigenvalue weighted by Crippen LogP contribution is -2.46. The molecule has 0 radical (unpaired) electrons. The number of rotatable bonds is 4. The van der Waals surface area contributed by atoms with Crippen molar-refractivity contribution in [3.63, 3.8) is 0 Å². The highest BCUT2D eigenvalue weighted by molar-refractivity contribution is 6.01. The number of benzene rings is 1. The Kier molecular flexibility index (Phi) is 4.65.